The summed E-state index contributed by atoms with van der Waals surface area (Å²) < 4.78 is 4.85. The first-order chi connectivity index (χ1) is 10.4. The standard InChI is InChI=1S/C14H18N2O6/c1-3-4-7-22-11(17)8-15-14(19)10-6-5-9(2)13(18)12(10)16(20)21/h5-6,18H,3-4,7-8H2,1-2H3,(H,15,19). The van der Waals surface area contributed by atoms with Gasteiger partial charge >= 0.3 is 11.7 Å². The van der Waals surface area contributed by atoms with E-state index in [9.17, 15) is 24.8 Å². The first-order valence-electron chi connectivity index (χ1n) is 6.79. The van der Waals surface area contributed by atoms with Crippen LogP contribution in [0.15, 0.2) is 12.1 Å². The molecular weight excluding hydrogens is 292 g/mol. The third-order valence-electron chi connectivity index (χ3n) is 2.93. The maximum atomic E-state index is 11.9. The highest BCUT2D eigenvalue weighted by Gasteiger charge is 2.26. The number of aryl methyl sites for hydroxylation is 1. The normalized spacial score (nSPS) is 10.1. The maximum absolute atomic E-state index is 11.9. The number of nitro groups is 1. The number of carbonyl (C=O) groups excluding carboxylic acids is 2. The highest BCUT2D eigenvalue weighted by molar-refractivity contribution is 6.00. The zero-order valence-electron chi connectivity index (χ0n) is 12.4. The van der Waals surface area contributed by atoms with Crippen molar-refractivity contribution < 1.29 is 24.4 Å². The van der Waals surface area contributed by atoms with E-state index < -0.39 is 34.8 Å². The Morgan fingerprint density at radius 3 is 2.68 bits per heavy atom. The molecule has 0 aliphatic carbocycles. The summed E-state index contributed by atoms with van der Waals surface area (Å²) in [5.41, 5.74) is -0.714. The molecule has 0 saturated heterocycles. The third-order valence-corrected chi connectivity index (χ3v) is 2.93. The quantitative estimate of drug-likeness (QED) is 0.342. The van der Waals surface area contributed by atoms with E-state index in [1.54, 1.807) is 0 Å². The minimum Gasteiger partial charge on any atom is -0.502 e. The highest BCUT2D eigenvalue weighted by Crippen LogP contribution is 2.32. The number of ether oxygens (including phenoxy) is 1. The number of rotatable bonds is 7. The SMILES string of the molecule is CCCCOC(=O)CNC(=O)c1ccc(C)c(O)c1[N+](=O)[O-]. The van der Waals surface area contributed by atoms with Crippen molar-refractivity contribution in [2.24, 2.45) is 0 Å². The number of unbranched alkanes of at least 4 members (excludes halogenated alkanes) is 1. The molecule has 1 amide bonds. The fraction of sp³-hybridized carbons (Fsp3) is 0.429. The fourth-order valence-electron chi connectivity index (χ4n) is 1.68. The Kier molecular flexibility index (Phi) is 6.30. The van der Waals surface area contributed by atoms with Gasteiger partial charge in [0.2, 0.25) is 0 Å². The fourth-order valence-corrected chi connectivity index (χ4v) is 1.68. The third kappa shape index (κ3) is 4.44. The van der Waals surface area contributed by atoms with Crippen LogP contribution in [0.1, 0.15) is 35.7 Å². The summed E-state index contributed by atoms with van der Waals surface area (Å²) in [6, 6.07) is 2.61. The molecule has 1 aromatic carbocycles. The number of carbonyl (C=O) groups is 2. The molecule has 2 N–H and O–H groups in total. The number of hydrogen-bond acceptors (Lipinski definition) is 6. The van der Waals surface area contributed by atoms with Crippen LogP contribution in [-0.4, -0.2) is 35.1 Å². The molecule has 1 rings (SSSR count). The topological polar surface area (TPSA) is 119 Å². The van der Waals surface area contributed by atoms with Crippen molar-refractivity contribution in [1.82, 2.24) is 5.32 Å². The first kappa shape index (κ1) is 17.4. The van der Waals surface area contributed by atoms with Crippen LogP contribution in [0.25, 0.3) is 0 Å². The Morgan fingerprint density at radius 1 is 1.41 bits per heavy atom. The van der Waals surface area contributed by atoms with Crippen molar-refractivity contribution in [3.63, 3.8) is 0 Å². The van der Waals surface area contributed by atoms with E-state index in [1.807, 2.05) is 6.92 Å². The Hall–Kier alpha value is -2.64. The van der Waals surface area contributed by atoms with Gasteiger partial charge in [-0.3, -0.25) is 19.7 Å². The highest BCUT2D eigenvalue weighted by atomic mass is 16.6. The molecular formula is C14H18N2O6. The molecule has 0 bridgehead atoms. The van der Waals surface area contributed by atoms with Gasteiger partial charge in [-0.15, -0.1) is 0 Å². The largest absolute Gasteiger partial charge is 0.502 e. The smallest absolute Gasteiger partial charge is 0.325 e. The Labute approximate surface area is 127 Å². The number of nitrogens with zero attached hydrogens (tertiary/aromatic N) is 1. The van der Waals surface area contributed by atoms with Gasteiger partial charge in [0, 0.05) is 0 Å². The molecule has 22 heavy (non-hydrogen) atoms. The molecule has 0 aliphatic heterocycles. The van der Waals surface area contributed by atoms with Gasteiger partial charge in [0.05, 0.1) is 11.5 Å². The number of hydrogen-bond donors (Lipinski definition) is 2. The van der Waals surface area contributed by atoms with Crippen molar-refractivity contribution in [3.8, 4) is 5.75 Å². The van der Waals surface area contributed by atoms with Gasteiger partial charge in [-0.25, -0.2) is 0 Å². The van der Waals surface area contributed by atoms with Gasteiger partial charge < -0.3 is 15.2 Å². The molecule has 120 valence electrons. The van der Waals surface area contributed by atoms with Crippen LogP contribution in [0.3, 0.4) is 0 Å². The zero-order valence-corrected chi connectivity index (χ0v) is 12.4. The van der Waals surface area contributed by atoms with Crippen molar-refractivity contribution in [2.45, 2.75) is 26.7 Å². The molecule has 0 aromatic heterocycles. The number of benzene rings is 1. The zero-order chi connectivity index (χ0) is 16.7. The van der Waals surface area contributed by atoms with E-state index in [0.29, 0.717) is 0 Å². The van der Waals surface area contributed by atoms with Crippen molar-refractivity contribution in [1.29, 1.82) is 0 Å². The van der Waals surface area contributed by atoms with Crippen molar-refractivity contribution in [3.05, 3.63) is 33.4 Å². The Balaban J connectivity index is 2.76. The molecule has 0 unspecified atom stereocenters. The number of esters is 1. The lowest BCUT2D eigenvalue weighted by molar-refractivity contribution is -0.386. The average molecular weight is 310 g/mol. The molecule has 0 atom stereocenters. The number of nitro benzene ring substituents is 1. The van der Waals surface area contributed by atoms with E-state index >= 15 is 0 Å². The molecule has 0 fully saturated rings. The summed E-state index contributed by atoms with van der Waals surface area (Å²) in [7, 11) is 0. The molecule has 0 spiro atoms. The van der Waals surface area contributed by atoms with Crippen molar-refractivity contribution >= 4 is 17.6 Å². The monoisotopic (exact) mass is 310 g/mol. The number of nitrogens with one attached hydrogen (secondary N) is 1. The van der Waals surface area contributed by atoms with E-state index in [4.69, 9.17) is 4.74 Å². The summed E-state index contributed by atoms with van der Waals surface area (Å²) >= 11 is 0. The summed E-state index contributed by atoms with van der Waals surface area (Å²) in [4.78, 5) is 33.5. The second kappa shape index (κ2) is 7.96. The predicted molar refractivity (Wildman–Crippen MR) is 77.7 cm³/mol. The Bertz CT molecular complexity index is 585. The number of aromatic hydroxyl groups is 1. The first-order valence-corrected chi connectivity index (χ1v) is 6.79. The predicted octanol–water partition coefficient (Wildman–Crippen LogP) is 1.68. The summed E-state index contributed by atoms with van der Waals surface area (Å²) in [6.45, 7) is 3.29. The number of phenols is 1. The van der Waals surface area contributed by atoms with E-state index in [1.165, 1.54) is 19.1 Å². The van der Waals surface area contributed by atoms with E-state index in [0.717, 1.165) is 12.8 Å². The lowest BCUT2D eigenvalue weighted by Gasteiger charge is -2.08. The molecule has 1 aromatic rings. The molecule has 8 heteroatoms. The minimum atomic E-state index is -0.836. The molecule has 0 saturated carbocycles. The molecule has 8 nitrogen and oxygen atoms in total. The van der Waals surface area contributed by atoms with Gasteiger partial charge in [-0.05, 0) is 25.0 Å². The molecule has 0 aliphatic rings. The van der Waals surface area contributed by atoms with Crippen LogP contribution in [0.5, 0.6) is 5.75 Å². The van der Waals surface area contributed by atoms with Crippen LogP contribution in [0.2, 0.25) is 0 Å². The summed E-state index contributed by atoms with van der Waals surface area (Å²) in [6.07, 6.45) is 1.59. The van der Waals surface area contributed by atoms with Gasteiger partial charge in [-0.1, -0.05) is 19.4 Å². The maximum Gasteiger partial charge on any atom is 0.325 e. The summed E-state index contributed by atoms with van der Waals surface area (Å²) in [5.74, 6) is -2.02. The van der Waals surface area contributed by atoms with Gasteiger partial charge in [-0.2, -0.15) is 0 Å². The lowest BCUT2D eigenvalue weighted by Crippen LogP contribution is -2.31. The second-order valence-corrected chi connectivity index (χ2v) is 4.64. The molecule has 0 heterocycles. The summed E-state index contributed by atoms with van der Waals surface area (Å²) in [5, 5.41) is 22.9. The van der Waals surface area contributed by atoms with Gasteiger partial charge in [0.1, 0.15) is 12.1 Å². The lowest BCUT2D eigenvalue weighted by atomic mass is 10.1. The van der Waals surface area contributed by atoms with Crippen LogP contribution in [-0.2, 0) is 9.53 Å². The molecule has 0 radical (unpaired) electrons. The van der Waals surface area contributed by atoms with Crippen LogP contribution in [0, 0.1) is 17.0 Å². The van der Waals surface area contributed by atoms with Crippen LogP contribution >= 0.6 is 0 Å². The second-order valence-electron chi connectivity index (χ2n) is 4.64. The average Bonchev–Trinajstić information content (AvgIpc) is 2.47. The van der Waals surface area contributed by atoms with Crippen LogP contribution < -0.4 is 5.32 Å². The minimum absolute atomic E-state index is 0.261. The van der Waals surface area contributed by atoms with Crippen molar-refractivity contribution in [2.75, 3.05) is 13.2 Å². The number of amides is 1. The van der Waals surface area contributed by atoms with Gasteiger partial charge in [0.25, 0.3) is 5.91 Å². The van der Waals surface area contributed by atoms with Gasteiger partial charge in [0.15, 0.2) is 5.75 Å². The Morgan fingerprint density at radius 2 is 2.09 bits per heavy atom. The van der Waals surface area contributed by atoms with E-state index in [2.05, 4.69) is 5.32 Å². The number of phenolic OH excluding ortho intramolecular Hbond substituents is 1. The van der Waals surface area contributed by atoms with E-state index in [-0.39, 0.29) is 17.7 Å². The van der Waals surface area contributed by atoms with Crippen LogP contribution in [0.4, 0.5) is 5.69 Å².